The van der Waals surface area contributed by atoms with Crippen molar-refractivity contribution in [3.63, 3.8) is 0 Å². The zero-order valence-corrected chi connectivity index (χ0v) is 16.3. The van der Waals surface area contributed by atoms with Crippen molar-refractivity contribution in [1.29, 1.82) is 0 Å². The van der Waals surface area contributed by atoms with Crippen molar-refractivity contribution < 1.29 is 108 Å². The number of hydrogen-bond acceptors (Lipinski definition) is 1. The average molecular weight is 475 g/mol. The monoisotopic (exact) mass is 474 g/mol. The third-order valence-corrected chi connectivity index (χ3v) is 0. The average Bonchev–Trinajstić information content (AvgIpc) is 1.00. The molecule has 7 heteroatoms. The summed E-state index contributed by atoms with van der Waals surface area (Å²) in [4.78, 5) is 0. The second kappa shape index (κ2) is 44.0. The van der Waals surface area contributed by atoms with E-state index in [2.05, 4.69) is 15.4 Å². The molecule has 0 heterocycles. The van der Waals surface area contributed by atoms with Gasteiger partial charge in [-0.2, -0.15) is 0 Å². The molecule has 0 rings (SSSR count). The molecule has 0 bridgehead atoms. The third kappa shape index (κ3) is 35.7. The van der Waals surface area contributed by atoms with Crippen LogP contribution in [0.1, 0.15) is 0 Å². The Hall–Kier alpha value is 4.99. The molecule has 7 heavy (non-hydrogen) atoms. The fourth-order valence-electron chi connectivity index (χ4n) is 0. The number of rotatable bonds is 0. The maximum absolute atomic E-state index is 7.88. The van der Waals surface area contributed by atoms with Crippen molar-refractivity contribution in [2.24, 2.45) is 0 Å². The summed E-state index contributed by atoms with van der Waals surface area (Å²) in [5, 5.41) is 0. The van der Waals surface area contributed by atoms with E-state index in [0.29, 0.717) is 0 Å². The molecular weight excluding hydrogens is 475 g/mol. The molecule has 0 saturated heterocycles. The van der Waals surface area contributed by atoms with Gasteiger partial charge in [0.25, 0.3) is 0 Å². The standard InChI is InChI=1S/Al.Ca.2La.Mn.Ni.O. The van der Waals surface area contributed by atoms with Gasteiger partial charge in [0.2, 0.25) is 0 Å². The minimum atomic E-state index is 0. The van der Waals surface area contributed by atoms with Crippen LogP contribution >= 0.6 is 0 Å². The molecule has 0 unspecified atom stereocenters. The van der Waals surface area contributed by atoms with E-state index in [9.17, 15) is 0 Å². The molecular formula is AlCaLa2MnNiO. The zero-order valence-electron chi connectivity index (χ0n) is 3.54. The fourth-order valence-corrected chi connectivity index (χ4v) is 0. The first-order valence-electron chi connectivity index (χ1n) is 0.129. The van der Waals surface area contributed by atoms with Crippen molar-refractivity contribution in [2.75, 3.05) is 0 Å². The zero-order chi connectivity index (χ0) is 2.00. The molecule has 8 radical (unpaired) electrons. The SMILES string of the molecule is [Al].[Ca].[La].[La].[Mn].[O]=[Ni]. The van der Waals surface area contributed by atoms with Crippen LogP contribution < -0.4 is 0 Å². The predicted octanol–water partition coefficient (Wildman–Crippen LogP) is -0.885. The number of hydrogen-bond donors (Lipinski definition) is 0. The molecule has 0 aromatic rings. The molecule has 1 nitrogen and oxygen atoms in total. The molecule has 0 aliphatic heterocycles. The van der Waals surface area contributed by atoms with E-state index < -0.39 is 0 Å². The van der Waals surface area contributed by atoms with Crippen LogP contribution in [0.2, 0.25) is 0 Å². The van der Waals surface area contributed by atoms with E-state index in [0.717, 1.165) is 0 Å². The van der Waals surface area contributed by atoms with Crippen molar-refractivity contribution >= 4 is 55.1 Å². The van der Waals surface area contributed by atoms with Gasteiger partial charge in [0.05, 0.1) is 0 Å². The van der Waals surface area contributed by atoms with Gasteiger partial charge >= 0.3 is 19.3 Å². The topological polar surface area (TPSA) is 17.1 Å². The molecule has 0 saturated carbocycles. The van der Waals surface area contributed by atoms with Crippen LogP contribution in [-0.2, 0) is 36.4 Å². The molecule has 0 spiro atoms. The van der Waals surface area contributed by atoms with Gasteiger partial charge in [0, 0.05) is 143 Å². The third-order valence-electron chi connectivity index (χ3n) is 0. The van der Waals surface area contributed by atoms with Crippen LogP contribution in [0, 0.1) is 71.2 Å². The second-order valence-corrected chi connectivity index (χ2v) is 0. The van der Waals surface area contributed by atoms with Crippen LogP contribution in [0.5, 0.6) is 0 Å². The first-order valence-corrected chi connectivity index (χ1v) is 0.532. The van der Waals surface area contributed by atoms with Gasteiger partial charge in [-0.05, 0) is 0 Å². The quantitative estimate of drug-likeness (QED) is 0.417. The van der Waals surface area contributed by atoms with Gasteiger partial charge in [-0.1, -0.05) is 0 Å². The molecule has 0 aliphatic rings. The molecule has 0 aliphatic carbocycles. The Morgan fingerprint density at radius 1 is 1.00 bits per heavy atom. The molecule has 0 atom stereocenters. The molecule has 34 valence electrons. The van der Waals surface area contributed by atoms with Gasteiger partial charge < -0.3 is 0 Å². The van der Waals surface area contributed by atoms with Crippen molar-refractivity contribution in [1.82, 2.24) is 0 Å². The molecule has 0 aromatic heterocycles. The second-order valence-electron chi connectivity index (χ2n) is 0. The summed E-state index contributed by atoms with van der Waals surface area (Å²) in [6.45, 7) is 0. The van der Waals surface area contributed by atoms with E-state index in [1.807, 2.05) is 0 Å². The summed E-state index contributed by atoms with van der Waals surface area (Å²) in [6.07, 6.45) is 0. The van der Waals surface area contributed by atoms with Gasteiger partial charge in [0.1, 0.15) is 0 Å². The molecule has 0 fully saturated rings. The Morgan fingerprint density at radius 2 is 1.00 bits per heavy atom. The van der Waals surface area contributed by atoms with Gasteiger partial charge in [-0.25, -0.2) is 0 Å². The fraction of sp³-hybridized carbons (Fsp3) is 0. The van der Waals surface area contributed by atoms with E-state index >= 15 is 0 Å². The molecule has 0 aromatic carbocycles. The van der Waals surface area contributed by atoms with Crippen LogP contribution in [0.4, 0.5) is 0 Å². The Kier molecular flexibility index (Phi) is 254. The first-order chi connectivity index (χ1) is 1.00. The van der Waals surface area contributed by atoms with Crippen molar-refractivity contribution in [2.45, 2.75) is 0 Å². The predicted molar refractivity (Wildman–Crippen MR) is 12.2 cm³/mol. The summed E-state index contributed by atoms with van der Waals surface area (Å²) in [5.74, 6) is 0. The molecule has 0 N–H and O–H groups in total. The van der Waals surface area contributed by atoms with E-state index in [1.165, 1.54) is 0 Å². The van der Waals surface area contributed by atoms with Crippen LogP contribution in [0.25, 0.3) is 0 Å². The van der Waals surface area contributed by atoms with Gasteiger partial charge in [0.15, 0.2) is 0 Å². The normalized spacial score (nSPS) is 0.857. The van der Waals surface area contributed by atoms with E-state index in [4.69, 9.17) is 3.90 Å². The van der Waals surface area contributed by atoms with Gasteiger partial charge in [-0.3, -0.25) is 0 Å². The summed E-state index contributed by atoms with van der Waals surface area (Å²) >= 11 is 2.62. The first kappa shape index (κ1) is 40.3. The Morgan fingerprint density at radius 3 is 1.00 bits per heavy atom. The Bertz CT molecular complexity index is 17.7. The van der Waals surface area contributed by atoms with Crippen LogP contribution in [-0.4, -0.2) is 55.1 Å². The summed E-state index contributed by atoms with van der Waals surface area (Å²) < 4.78 is 7.88. The van der Waals surface area contributed by atoms with Gasteiger partial charge in [-0.15, -0.1) is 0 Å². The van der Waals surface area contributed by atoms with Crippen molar-refractivity contribution in [3.05, 3.63) is 0 Å². The summed E-state index contributed by atoms with van der Waals surface area (Å²) in [6, 6.07) is 0. The Labute approximate surface area is 158 Å². The van der Waals surface area contributed by atoms with Crippen LogP contribution in [0.15, 0.2) is 0 Å². The summed E-state index contributed by atoms with van der Waals surface area (Å²) in [5.41, 5.74) is 0. The maximum atomic E-state index is 7.88. The minimum absolute atomic E-state index is 0. The van der Waals surface area contributed by atoms with E-state index in [1.54, 1.807) is 0 Å². The van der Waals surface area contributed by atoms with Crippen LogP contribution in [0.3, 0.4) is 0 Å². The summed E-state index contributed by atoms with van der Waals surface area (Å²) in [7, 11) is 0. The van der Waals surface area contributed by atoms with Crippen molar-refractivity contribution in [3.8, 4) is 0 Å². The van der Waals surface area contributed by atoms with E-state index in [-0.39, 0.29) is 143 Å². The Balaban J connectivity index is -0.000000000500. The molecule has 0 amide bonds.